The van der Waals surface area contributed by atoms with E-state index >= 15 is 0 Å². The van der Waals surface area contributed by atoms with Gasteiger partial charge in [0, 0.05) is 5.56 Å². The van der Waals surface area contributed by atoms with Crippen LogP contribution in [0.4, 0.5) is 13.2 Å². The first-order chi connectivity index (χ1) is 11.9. The maximum atomic E-state index is 12.7. The lowest BCUT2D eigenvalue weighted by Crippen LogP contribution is -2.21. The van der Waals surface area contributed by atoms with Gasteiger partial charge in [-0.15, -0.1) is 0 Å². The van der Waals surface area contributed by atoms with Crippen LogP contribution in [0.2, 0.25) is 0 Å². The molecule has 0 aliphatic carbocycles. The zero-order valence-corrected chi connectivity index (χ0v) is 13.1. The fourth-order valence-corrected chi connectivity index (χ4v) is 3.04. The number of aromatic amines is 1. The van der Waals surface area contributed by atoms with Crippen LogP contribution in [-0.2, 0) is 6.18 Å². The van der Waals surface area contributed by atoms with E-state index in [1.54, 1.807) is 6.92 Å². The molecular formula is C18H13F3N2O2. The van der Waals surface area contributed by atoms with E-state index < -0.39 is 17.8 Å². The van der Waals surface area contributed by atoms with Crippen molar-refractivity contribution in [2.24, 2.45) is 0 Å². The summed E-state index contributed by atoms with van der Waals surface area (Å²) in [6.07, 6.45) is -4.87. The summed E-state index contributed by atoms with van der Waals surface area (Å²) in [6, 6.07) is 11.7. The molecule has 2 heterocycles. The highest BCUT2D eigenvalue weighted by molar-refractivity contribution is 5.72. The smallest absolute Gasteiger partial charge is 0.416 e. The highest BCUT2D eigenvalue weighted by atomic mass is 19.4. The van der Waals surface area contributed by atoms with Crippen LogP contribution >= 0.6 is 0 Å². The van der Waals surface area contributed by atoms with Crippen LogP contribution in [0.1, 0.15) is 24.2 Å². The van der Waals surface area contributed by atoms with Gasteiger partial charge >= 0.3 is 6.18 Å². The Morgan fingerprint density at radius 1 is 1.08 bits per heavy atom. The summed E-state index contributed by atoms with van der Waals surface area (Å²) < 4.78 is 45.1. The number of nitrogens with one attached hydrogen (secondary N) is 1. The third-order valence-corrected chi connectivity index (χ3v) is 4.25. The molecule has 7 heteroatoms. The van der Waals surface area contributed by atoms with Crippen LogP contribution in [0.25, 0.3) is 16.9 Å². The van der Waals surface area contributed by atoms with E-state index in [1.165, 1.54) is 16.8 Å². The lowest BCUT2D eigenvalue weighted by atomic mass is 10.0. The van der Waals surface area contributed by atoms with Gasteiger partial charge in [0.25, 0.3) is 5.56 Å². The SMILES string of the molecule is CC1Oc2ccccc2-c2[nH]n(-c3ccc(C(F)(F)F)cc3)c(=O)c21. The van der Waals surface area contributed by atoms with Gasteiger partial charge in [-0.2, -0.15) is 13.2 Å². The van der Waals surface area contributed by atoms with Gasteiger partial charge in [-0.3, -0.25) is 9.89 Å². The molecular weight excluding hydrogens is 333 g/mol. The van der Waals surface area contributed by atoms with Crippen LogP contribution in [0.3, 0.4) is 0 Å². The third kappa shape index (κ3) is 2.43. The monoisotopic (exact) mass is 346 g/mol. The molecule has 1 unspecified atom stereocenters. The summed E-state index contributed by atoms with van der Waals surface area (Å²) in [5, 5.41) is 3.01. The Morgan fingerprint density at radius 2 is 1.76 bits per heavy atom. The highest BCUT2D eigenvalue weighted by Crippen LogP contribution is 2.39. The van der Waals surface area contributed by atoms with E-state index in [2.05, 4.69) is 5.10 Å². The van der Waals surface area contributed by atoms with Gasteiger partial charge < -0.3 is 4.74 Å². The molecule has 3 aromatic rings. The molecule has 0 saturated carbocycles. The van der Waals surface area contributed by atoms with Gasteiger partial charge in [0.05, 0.1) is 22.5 Å². The number of ether oxygens (including phenoxy) is 1. The van der Waals surface area contributed by atoms with Gasteiger partial charge in [0.2, 0.25) is 0 Å². The van der Waals surface area contributed by atoms with Gasteiger partial charge in [-0.05, 0) is 43.3 Å². The summed E-state index contributed by atoms with van der Waals surface area (Å²) in [7, 11) is 0. The molecule has 4 rings (SSSR count). The molecule has 0 spiro atoms. The normalized spacial score (nSPS) is 16.1. The number of halogens is 3. The maximum absolute atomic E-state index is 12.7. The molecule has 0 amide bonds. The van der Waals surface area contributed by atoms with Crippen molar-refractivity contribution in [2.75, 3.05) is 0 Å². The van der Waals surface area contributed by atoms with Crippen LogP contribution in [0.5, 0.6) is 5.75 Å². The Morgan fingerprint density at radius 3 is 2.44 bits per heavy atom. The number of aromatic nitrogens is 2. The number of hydrogen-bond donors (Lipinski definition) is 1. The Bertz CT molecular complexity index is 1000. The van der Waals surface area contributed by atoms with Gasteiger partial charge in [-0.25, -0.2) is 4.68 Å². The van der Waals surface area contributed by atoms with Crippen molar-refractivity contribution < 1.29 is 17.9 Å². The van der Waals surface area contributed by atoms with Crippen molar-refractivity contribution in [1.82, 2.24) is 9.78 Å². The molecule has 25 heavy (non-hydrogen) atoms. The molecule has 4 nitrogen and oxygen atoms in total. The molecule has 0 bridgehead atoms. The van der Waals surface area contributed by atoms with E-state index in [0.717, 1.165) is 17.7 Å². The zero-order chi connectivity index (χ0) is 17.8. The second-order valence-electron chi connectivity index (χ2n) is 5.84. The quantitative estimate of drug-likeness (QED) is 0.714. The van der Waals surface area contributed by atoms with E-state index in [0.29, 0.717) is 22.7 Å². The van der Waals surface area contributed by atoms with Gasteiger partial charge in [0.15, 0.2) is 0 Å². The summed E-state index contributed by atoms with van der Waals surface area (Å²) in [5.41, 5.74) is 1.06. The number of H-pyrrole nitrogens is 1. The number of benzene rings is 2. The summed E-state index contributed by atoms with van der Waals surface area (Å²) >= 11 is 0. The molecule has 1 aliphatic heterocycles. The van der Waals surface area contributed by atoms with Crippen molar-refractivity contribution in [2.45, 2.75) is 19.2 Å². The van der Waals surface area contributed by atoms with E-state index in [1.807, 2.05) is 24.3 Å². The zero-order valence-electron chi connectivity index (χ0n) is 13.1. The molecule has 0 saturated heterocycles. The molecule has 0 radical (unpaired) electrons. The van der Waals surface area contributed by atoms with Gasteiger partial charge in [0.1, 0.15) is 11.9 Å². The van der Waals surface area contributed by atoms with Crippen molar-refractivity contribution in [1.29, 1.82) is 0 Å². The van der Waals surface area contributed by atoms with Crippen LogP contribution in [0.15, 0.2) is 53.3 Å². The number of rotatable bonds is 1. The lowest BCUT2D eigenvalue weighted by molar-refractivity contribution is -0.137. The molecule has 128 valence electrons. The molecule has 1 aliphatic rings. The number of hydrogen-bond acceptors (Lipinski definition) is 2. The first kappa shape index (κ1) is 15.6. The molecule has 1 atom stereocenters. The number of fused-ring (bicyclic) bond motifs is 3. The lowest BCUT2D eigenvalue weighted by Gasteiger charge is -2.22. The topological polar surface area (TPSA) is 47.0 Å². The molecule has 0 fully saturated rings. The number of para-hydroxylation sites is 1. The van der Waals surface area contributed by atoms with Crippen molar-refractivity contribution in [3.8, 4) is 22.7 Å². The largest absolute Gasteiger partial charge is 0.485 e. The number of alkyl halides is 3. The van der Waals surface area contributed by atoms with E-state index in [9.17, 15) is 18.0 Å². The standard InChI is InChI=1S/C18H13F3N2O2/c1-10-15-16(13-4-2-3-5-14(13)25-10)22-23(17(15)24)12-8-6-11(7-9-12)18(19,20)21/h2-10,22H,1H3. The Labute approximate surface area is 140 Å². The Hall–Kier alpha value is -2.96. The van der Waals surface area contributed by atoms with Crippen molar-refractivity contribution in [3.63, 3.8) is 0 Å². The van der Waals surface area contributed by atoms with Crippen LogP contribution in [0, 0.1) is 0 Å². The molecule has 1 aromatic heterocycles. The Balaban J connectivity index is 1.86. The second-order valence-corrected chi connectivity index (χ2v) is 5.84. The summed E-state index contributed by atoms with van der Waals surface area (Å²) in [4.78, 5) is 12.7. The van der Waals surface area contributed by atoms with Crippen molar-refractivity contribution >= 4 is 0 Å². The van der Waals surface area contributed by atoms with E-state index in [-0.39, 0.29) is 5.56 Å². The van der Waals surface area contributed by atoms with Crippen molar-refractivity contribution in [3.05, 3.63) is 70.0 Å². The van der Waals surface area contributed by atoms with Crippen LogP contribution < -0.4 is 10.3 Å². The first-order valence-corrected chi connectivity index (χ1v) is 7.65. The minimum absolute atomic E-state index is 0.331. The summed E-state index contributed by atoms with van der Waals surface area (Å²) in [5.74, 6) is 0.656. The molecule has 1 N–H and O–H groups in total. The third-order valence-electron chi connectivity index (χ3n) is 4.25. The number of nitrogens with zero attached hydrogens (tertiary/aromatic N) is 1. The minimum atomic E-state index is -4.42. The average Bonchev–Trinajstić information content (AvgIpc) is 2.93. The van der Waals surface area contributed by atoms with E-state index in [4.69, 9.17) is 4.74 Å². The fourth-order valence-electron chi connectivity index (χ4n) is 3.04. The van der Waals surface area contributed by atoms with Gasteiger partial charge in [-0.1, -0.05) is 12.1 Å². The Kier molecular flexibility index (Phi) is 3.28. The minimum Gasteiger partial charge on any atom is -0.485 e. The first-order valence-electron chi connectivity index (χ1n) is 7.65. The van der Waals surface area contributed by atoms with Crippen LogP contribution in [-0.4, -0.2) is 9.78 Å². The highest BCUT2D eigenvalue weighted by Gasteiger charge is 2.31. The predicted octanol–water partition coefficient (Wildman–Crippen LogP) is 4.30. The fraction of sp³-hybridized carbons (Fsp3) is 0.167. The predicted molar refractivity (Wildman–Crippen MR) is 85.9 cm³/mol. The maximum Gasteiger partial charge on any atom is 0.416 e. The molecule has 2 aromatic carbocycles. The second kappa shape index (κ2) is 5.27. The summed E-state index contributed by atoms with van der Waals surface area (Å²) in [6.45, 7) is 1.76. The average molecular weight is 346 g/mol.